The van der Waals surface area contributed by atoms with E-state index in [4.69, 9.17) is 0 Å². The first kappa shape index (κ1) is 12.7. The van der Waals surface area contributed by atoms with Gasteiger partial charge in [-0.15, -0.1) is 5.76 Å². The van der Waals surface area contributed by atoms with E-state index in [9.17, 15) is 9.90 Å². The van der Waals surface area contributed by atoms with E-state index in [1.165, 1.54) is 0 Å². The summed E-state index contributed by atoms with van der Waals surface area (Å²) in [6.07, 6.45) is 0.943. The molecule has 12 heavy (non-hydrogen) atoms. The molecule has 0 N–H and O–H groups in total. The Morgan fingerprint density at radius 2 is 1.92 bits per heavy atom. The molecule has 2 nitrogen and oxygen atoms in total. The van der Waals surface area contributed by atoms with E-state index in [1.807, 2.05) is 13.8 Å². The monoisotopic (exact) mass is 240 g/mol. The molecule has 0 fully saturated rings. The van der Waals surface area contributed by atoms with Crippen LogP contribution in [0.15, 0.2) is 10.2 Å². The van der Waals surface area contributed by atoms with Crippen molar-refractivity contribution < 1.29 is 39.5 Å². The molecular weight excluding hydrogens is 231 g/mol. The van der Waals surface area contributed by atoms with E-state index in [2.05, 4.69) is 15.9 Å². The van der Waals surface area contributed by atoms with Crippen LogP contribution in [0.25, 0.3) is 0 Å². The molecule has 0 unspecified atom stereocenters. The van der Waals surface area contributed by atoms with Crippen molar-refractivity contribution in [2.24, 2.45) is 5.41 Å². The average molecular weight is 241 g/mol. The van der Waals surface area contributed by atoms with Crippen LogP contribution in [0.1, 0.15) is 26.7 Å². The van der Waals surface area contributed by atoms with Crippen LogP contribution in [0.3, 0.4) is 0 Å². The van der Waals surface area contributed by atoms with Crippen LogP contribution in [0.5, 0.6) is 0 Å². The molecule has 0 aliphatic heterocycles. The molecule has 0 aromatic rings. The van der Waals surface area contributed by atoms with Crippen LogP contribution in [-0.4, -0.2) is 5.78 Å². The maximum atomic E-state index is 11.1. The molecular formula is C8H10BrNaO2. The average Bonchev–Trinajstić information content (AvgIpc) is 1.81. The summed E-state index contributed by atoms with van der Waals surface area (Å²) in [5, 5.41) is 11.1. The fourth-order valence-electron chi connectivity index (χ4n) is 1.24. The number of hydrogen-bond donors (Lipinski definition) is 0. The van der Waals surface area contributed by atoms with Gasteiger partial charge in [0.2, 0.25) is 0 Å². The Labute approximate surface area is 103 Å². The van der Waals surface area contributed by atoms with E-state index < -0.39 is 0 Å². The third-order valence-electron chi connectivity index (χ3n) is 1.77. The van der Waals surface area contributed by atoms with Crippen LogP contribution >= 0.6 is 15.9 Å². The summed E-state index contributed by atoms with van der Waals surface area (Å²) in [6, 6.07) is 0. The predicted octanol–water partition coefficient (Wildman–Crippen LogP) is -1.65. The minimum Gasteiger partial charge on any atom is -0.875 e. The molecule has 0 saturated carbocycles. The summed E-state index contributed by atoms with van der Waals surface area (Å²) < 4.78 is 0.247. The number of carbonyl (C=O) groups is 1. The zero-order valence-electron chi connectivity index (χ0n) is 7.61. The van der Waals surface area contributed by atoms with E-state index in [1.54, 1.807) is 0 Å². The van der Waals surface area contributed by atoms with E-state index >= 15 is 0 Å². The summed E-state index contributed by atoms with van der Waals surface area (Å²) in [7, 11) is 0. The number of ketones is 1. The van der Waals surface area contributed by atoms with Crippen molar-refractivity contribution in [3.63, 3.8) is 0 Å². The smallest absolute Gasteiger partial charge is 0.875 e. The molecule has 0 radical (unpaired) electrons. The number of allylic oxidation sites excluding steroid dienone is 2. The van der Waals surface area contributed by atoms with Crippen molar-refractivity contribution in [2.45, 2.75) is 26.7 Å². The van der Waals surface area contributed by atoms with Gasteiger partial charge in [-0.05, 0) is 27.8 Å². The van der Waals surface area contributed by atoms with Crippen molar-refractivity contribution in [3.05, 3.63) is 10.2 Å². The van der Waals surface area contributed by atoms with Gasteiger partial charge in [0, 0.05) is 10.9 Å². The summed E-state index contributed by atoms with van der Waals surface area (Å²) >= 11 is 2.99. The van der Waals surface area contributed by atoms with Gasteiger partial charge in [-0.25, -0.2) is 0 Å². The molecule has 0 amide bonds. The molecule has 0 aromatic heterocycles. The summed E-state index contributed by atoms with van der Waals surface area (Å²) in [4.78, 5) is 11.1. The first-order valence-corrected chi connectivity index (χ1v) is 4.30. The van der Waals surface area contributed by atoms with Gasteiger partial charge in [-0.1, -0.05) is 13.8 Å². The largest absolute Gasteiger partial charge is 1.00 e. The molecule has 0 bridgehead atoms. The number of rotatable bonds is 0. The second-order valence-electron chi connectivity index (χ2n) is 3.68. The number of carbonyl (C=O) groups excluding carboxylic acids is 1. The number of halogens is 1. The molecule has 0 spiro atoms. The van der Waals surface area contributed by atoms with Gasteiger partial charge in [0.05, 0.1) is 0 Å². The predicted molar refractivity (Wildman–Crippen MR) is 44.0 cm³/mol. The molecule has 0 heterocycles. The zero-order valence-corrected chi connectivity index (χ0v) is 11.2. The van der Waals surface area contributed by atoms with Gasteiger partial charge < -0.3 is 5.11 Å². The van der Waals surface area contributed by atoms with Crippen LogP contribution in [-0.2, 0) is 4.79 Å². The van der Waals surface area contributed by atoms with Crippen LogP contribution < -0.4 is 34.7 Å². The van der Waals surface area contributed by atoms with E-state index in [0.29, 0.717) is 12.8 Å². The zero-order chi connectivity index (χ0) is 8.65. The summed E-state index contributed by atoms with van der Waals surface area (Å²) in [5.41, 5.74) is -0.147. The normalized spacial score (nSPS) is 22.1. The SMILES string of the molecule is CC1(C)CC(=O)C(Br)=C([O-])C1.[Na+]. The van der Waals surface area contributed by atoms with Crippen molar-refractivity contribution in [3.8, 4) is 0 Å². The molecule has 1 aliphatic rings. The Morgan fingerprint density at radius 1 is 1.42 bits per heavy atom. The maximum absolute atomic E-state index is 11.1. The third-order valence-corrected chi connectivity index (χ3v) is 2.65. The van der Waals surface area contributed by atoms with E-state index in [0.717, 1.165) is 0 Å². The fraction of sp³-hybridized carbons (Fsp3) is 0.625. The number of Topliss-reactive ketones (excluding diaryl/α,β-unsaturated/α-hetero) is 1. The number of hydrogen-bond acceptors (Lipinski definition) is 2. The minimum absolute atomic E-state index is 0. The van der Waals surface area contributed by atoms with E-state index in [-0.39, 0.29) is 51.0 Å². The van der Waals surface area contributed by atoms with Gasteiger partial charge in [0.25, 0.3) is 0 Å². The van der Waals surface area contributed by atoms with Crippen molar-refractivity contribution in [1.29, 1.82) is 0 Å². The molecule has 0 atom stereocenters. The Kier molecular flexibility index (Phi) is 4.51. The Morgan fingerprint density at radius 3 is 2.33 bits per heavy atom. The third kappa shape index (κ3) is 2.87. The maximum Gasteiger partial charge on any atom is 1.00 e. The van der Waals surface area contributed by atoms with Gasteiger partial charge in [-0.2, -0.15) is 0 Å². The van der Waals surface area contributed by atoms with Gasteiger partial charge in [0.15, 0.2) is 5.78 Å². The summed E-state index contributed by atoms with van der Waals surface area (Å²) in [5.74, 6) is -0.127. The van der Waals surface area contributed by atoms with Crippen LogP contribution in [0.2, 0.25) is 0 Å². The van der Waals surface area contributed by atoms with Gasteiger partial charge >= 0.3 is 29.6 Å². The summed E-state index contributed by atoms with van der Waals surface area (Å²) in [6.45, 7) is 3.87. The van der Waals surface area contributed by atoms with Crippen LogP contribution in [0, 0.1) is 5.41 Å². The molecule has 1 aliphatic carbocycles. The topological polar surface area (TPSA) is 40.1 Å². The van der Waals surface area contributed by atoms with Crippen molar-refractivity contribution >= 4 is 21.7 Å². The Bertz CT molecular complexity index is 233. The second-order valence-corrected chi connectivity index (χ2v) is 4.47. The van der Waals surface area contributed by atoms with Crippen LogP contribution in [0.4, 0.5) is 0 Å². The second kappa shape index (κ2) is 4.27. The van der Waals surface area contributed by atoms with Gasteiger partial charge in [-0.3, -0.25) is 4.79 Å². The first-order chi connectivity index (χ1) is 4.92. The minimum atomic E-state index is -0.147. The first-order valence-electron chi connectivity index (χ1n) is 3.51. The standard InChI is InChI=1S/C8H11BrO2.Na/c1-8(2)3-5(10)7(9)6(11)4-8;/h10H,3-4H2,1-2H3;/q;+1/p-1. The Hall–Kier alpha value is 0.690. The fourth-order valence-corrected chi connectivity index (χ4v) is 1.52. The van der Waals surface area contributed by atoms with Gasteiger partial charge in [0.1, 0.15) is 0 Å². The Balaban J connectivity index is 0.00000121. The molecule has 4 heteroatoms. The van der Waals surface area contributed by atoms with Crippen molar-refractivity contribution in [1.82, 2.24) is 0 Å². The molecule has 0 aromatic carbocycles. The quantitative estimate of drug-likeness (QED) is 0.476. The molecule has 1 rings (SSSR count). The molecule has 0 saturated heterocycles. The molecule has 62 valence electrons. The van der Waals surface area contributed by atoms with Crippen molar-refractivity contribution in [2.75, 3.05) is 0 Å².